The van der Waals surface area contributed by atoms with E-state index >= 15 is 0 Å². The Hall–Kier alpha value is -2.34. The van der Waals surface area contributed by atoms with Crippen molar-refractivity contribution >= 4 is 5.91 Å². The Bertz CT molecular complexity index is 872. The molecule has 6 nitrogen and oxygen atoms in total. The lowest BCUT2D eigenvalue weighted by Crippen LogP contribution is -2.51. The molecule has 6 heteroatoms. The third-order valence-electron chi connectivity index (χ3n) is 5.52. The highest BCUT2D eigenvalue weighted by molar-refractivity contribution is 5.94. The van der Waals surface area contributed by atoms with Crippen LogP contribution in [0.2, 0.25) is 0 Å². The van der Waals surface area contributed by atoms with Gasteiger partial charge in [0, 0.05) is 23.2 Å². The molecule has 2 atom stereocenters. The maximum atomic E-state index is 12.8. The highest BCUT2D eigenvalue weighted by atomic mass is 16.5. The van der Waals surface area contributed by atoms with Crippen molar-refractivity contribution in [3.05, 3.63) is 46.8 Å². The summed E-state index contributed by atoms with van der Waals surface area (Å²) in [6.45, 7) is 9.25. The normalized spacial score (nSPS) is 24.1. The van der Waals surface area contributed by atoms with Gasteiger partial charge in [0.25, 0.3) is 5.91 Å². The maximum absolute atomic E-state index is 12.8. The molecule has 1 aromatic heterocycles. The average Bonchev–Trinajstić information content (AvgIpc) is 3.40. The lowest BCUT2D eigenvalue weighted by atomic mass is 9.78. The Morgan fingerprint density at radius 1 is 1.39 bits per heavy atom. The molecule has 1 saturated heterocycles. The number of amides is 1. The van der Waals surface area contributed by atoms with E-state index in [0.717, 1.165) is 17.1 Å². The molecule has 1 aliphatic carbocycles. The fourth-order valence-corrected chi connectivity index (χ4v) is 3.76. The summed E-state index contributed by atoms with van der Waals surface area (Å²) in [5.74, 6) is 1.34. The molecular formula is C22H29N3O3. The lowest BCUT2D eigenvalue weighted by Gasteiger charge is -2.45. The Morgan fingerprint density at radius 3 is 2.75 bits per heavy atom. The van der Waals surface area contributed by atoms with Gasteiger partial charge < -0.3 is 14.8 Å². The molecule has 2 aliphatic rings. The number of ether oxygens (including phenoxy) is 2. The number of nitrogens with zero attached hydrogens (tertiary/aromatic N) is 1. The van der Waals surface area contributed by atoms with Gasteiger partial charge >= 0.3 is 0 Å². The van der Waals surface area contributed by atoms with Crippen LogP contribution in [-0.2, 0) is 4.74 Å². The molecule has 2 aromatic rings. The first-order valence-corrected chi connectivity index (χ1v) is 10.1. The monoisotopic (exact) mass is 383 g/mol. The molecule has 1 amide bonds. The van der Waals surface area contributed by atoms with Crippen LogP contribution in [0.4, 0.5) is 0 Å². The van der Waals surface area contributed by atoms with Crippen molar-refractivity contribution < 1.29 is 14.3 Å². The Morgan fingerprint density at radius 2 is 2.18 bits per heavy atom. The summed E-state index contributed by atoms with van der Waals surface area (Å²) in [7, 11) is 0. The summed E-state index contributed by atoms with van der Waals surface area (Å²) >= 11 is 0. The molecule has 2 N–H and O–H groups in total. The van der Waals surface area contributed by atoms with Crippen LogP contribution in [0.25, 0.3) is 0 Å². The summed E-state index contributed by atoms with van der Waals surface area (Å²) in [5, 5.41) is 10.3. The zero-order valence-electron chi connectivity index (χ0n) is 17.0. The van der Waals surface area contributed by atoms with Crippen LogP contribution in [-0.4, -0.2) is 35.4 Å². The number of hydrogen-bond acceptors (Lipinski definition) is 4. The highest BCUT2D eigenvalue weighted by Crippen LogP contribution is 2.46. The molecule has 2 fully saturated rings. The van der Waals surface area contributed by atoms with Gasteiger partial charge in [-0.05, 0) is 63.3 Å². The number of aromatic nitrogens is 2. The SMILES string of the molecule is Cc1cc(C2OCC2(C)CNC(=O)c2ccc(C3CC3)c(OC(C)C)c2)n[nH]1. The van der Waals surface area contributed by atoms with Gasteiger partial charge in [-0.15, -0.1) is 0 Å². The molecule has 1 aromatic carbocycles. The summed E-state index contributed by atoms with van der Waals surface area (Å²) < 4.78 is 11.7. The summed E-state index contributed by atoms with van der Waals surface area (Å²) in [4.78, 5) is 12.8. The van der Waals surface area contributed by atoms with Gasteiger partial charge in [0.15, 0.2) is 0 Å². The fourth-order valence-electron chi connectivity index (χ4n) is 3.76. The van der Waals surface area contributed by atoms with E-state index in [1.165, 1.54) is 18.4 Å². The average molecular weight is 383 g/mol. The molecular weight excluding hydrogens is 354 g/mol. The number of nitrogens with one attached hydrogen (secondary N) is 2. The van der Waals surface area contributed by atoms with E-state index in [0.29, 0.717) is 24.6 Å². The van der Waals surface area contributed by atoms with Crippen LogP contribution < -0.4 is 10.1 Å². The van der Waals surface area contributed by atoms with E-state index in [-0.39, 0.29) is 23.5 Å². The van der Waals surface area contributed by atoms with Crippen LogP contribution in [0.15, 0.2) is 24.3 Å². The van der Waals surface area contributed by atoms with E-state index in [1.807, 2.05) is 45.0 Å². The quantitative estimate of drug-likeness (QED) is 0.760. The third kappa shape index (κ3) is 3.78. The van der Waals surface area contributed by atoms with E-state index < -0.39 is 0 Å². The van der Waals surface area contributed by atoms with Crippen molar-refractivity contribution in [2.24, 2.45) is 5.41 Å². The van der Waals surface area contributed by atoms with Gasteiger partial charge in [0.1, 0.15) is 11.9 Å². The second-order valence-electron chi connectivity index (χ2n) is 8.70. The molecule has 1 aliphatic heterocycles. The molecule has 2 unspecified atom stereocenters. The molecule has 150 valence electrons. The number of H-pyrrole nitrogens is 1. The third-order valence-corrected chi connectivity index (χ3v) is 5.52. The van der Waals surface area contributed by atoms with Gasteiger partial charge in [0.2, 0.25) is 0 Å². The topological polar surface area (TPSA) is 76.2 Å². The predicted molar refractivity (Wildman–Crippen MR) is 107 cm³/mol. The number of aromatic amines is 1. The maximum Gasteiger partial charge on any atom is 0.251 e. The van der Waals surface area contributed by atoms with Crippen molar-refractivity contribution in [3.63, 3.8) is 0 Å². The molecule has 28 heavy (non-hydrogen) atoms. The first-order chi connectivity index (χ1) is 13.4. The van der Waals surface area contributed by atoms with Crippen LogP contribution in [0.5, 0.6) is 5.75 Å². The summed E-state index contributed by atoms with van der Waals surface area (Å²) in [5.41, 5.74) is 3.59. The van der Waals surface area contributed by atoms with E-state index in [1.54, 1.807) is 0 Å². The largest absolute Gasteiger partial charge is 0.491 e. The zero-order valence-corrected chi connectivity index (χ0v) is 17.0. The number of rotatable bonds is 7. The summed E-state index contributed by atoms with van der Waals surface area (Å²) in [6, 6.07) is 7.84. The highest BCUT2D eigenvalue weighted by Gasteiger charge is 2.46. The van der Waals surface area contributed by atoms with Gasteiger partial charge in [-0.2, -0.15) is 5.10 Å². The van der Waals surface area contributed by atoms with Gasteiger partial charge in [0.05, 0.1) is 18.4 Å². The number of hydrogen-bond donors (Lipinski definition) is 2. The van der Waals surface area contributed by atoms with Gasteiger partial charge in [-0.1, -0.05) is 13.0 Å². The molecule has 0 spiro atoms. The van der Waals surface area contributed by atoms with E-state index in [4.69, 9.17) is 9.47 Å². The van der Waals surface area contributed by atoms with Crippen molar-refractivity contribution in [2.45, 2.75) is 58.7 Å². The molecule has 1 saturated carbocycles. The first kappa shape index (κ1) is 19.0. The summed E-state index contributed by atoms with van der Waals surface area (Å²) in [6.07, 6.45) is 2.38. The number of aryl methyl sites for hydroxylation is 1. The fraction of sp³-hybridized carbons (Fsp3) is 0.545. The van der Waals surface area contributed by atoms with Crippen LogP contribution in [0.1, 0.15) is 72.9 Å². The van der Waals surface area contributed by atoms with Crippen molar-refractivity contribution in [2.75, 3.05) is 13.2 Å². The second-order valence-corrected chi connectivity index (χ2v) is 8.70. The minimum absolute atomic E-state index is 0.0824. The number of carbonyl (C=O) groups excluding carboxylic acids is 1. The molecule has 2 heterocycles. The van der Waals surface area contributed by atoms with Gasteiger partial charge in [-0.25, -0.2) is 0 Å². The molecule has 0 radical (unpaired) electrons. The minimum Gasteiger partial charge on any atom is -0.491 e. The van der Waals surface area contributed by atoms with Crippen LogP contribution in [0, 0.1) is 12.3 Å². The van der Waals surface area contributed by atoms with Gasteiger partial charge in [-0.3, -0.25) is 9.89 Å². The van der Waals surface area contributed by atoms with Crippen molar-refractivity contribution in [1.82, 2.24) is 15.5 Å². The second kappa shape index (κ2) is 7.24. The molecule has 4 rings (SSSR count). The standard InChI is InChI=1S/C22H29N3O3/c1-13(2)28-19-10-16(7-8-17(19)15-5-6-15)21(26)23-11-22(4)12-27-20(22)18-9-14(3)24-25-18/h7-10,13,15,20H,5-6,11-12H2,1-4H3,(H,23,26)(H,24,25). The van der Waals surface area contributed by atoms with Crippen LogP contribution in [0.3, 0.4) is 0 Å². The molecule has 0 bridgehead atoms. The number of carbonyl (C=O) groups is 1. The van der Waals surface area contributed by atoms with Crippen molar-refractivity contribution in [3.8, 4) is 5.75 Å². The smallest absolute Gasteiger partial charge is 0.251 e. The van der Waals surface area contributed by atoms with E-state index in [2.05, 4.69) is 22.4 Å². The predicted octanol–water partition coefficient (Wildman–Crippen LogP) is 3.89. The van der Waals surface area contributed by atoms with Crippen molar-refractivity contribution in [1.29, 1.82) is 0 Å². The Balaban J connectivity index is 1.43. The van der Waals surface area contributed by atoms with Crippen LogP contribution >= 0.6 is 0 Å². The Kier molecular flexibility index (Phi) is 4.91. The minimum atomic E-state index is -0.164. The lowest BCUT2D eigenvalue weighted by molar-refractivity contribution is -0.180. The first-order valence-electron chi connectivity index (χ1n) is 10.1. The Labute approximate surface area is 166 Å². The van der Waals surface area contributed by atoms with E-state index in [9.17, 15) is 4.79 Å². The number of benzene rings is 1. The zero-order chi connectivity index (χ0) is 19.9.